The highest BCUT2D eigenvalue weighted by Crippen LogP contribution is 2.31. The van der Waals surface area contributed by atoms with Gasteiger partial charge in [0.1, 0.15) is 5.56 Å². The fraction of sp³-hybridized carbons (Fsp3) is 0.143. The van der Waals surface area contributed by atoms with Crippen LogP contribution in [0.4, 0.5) is 0 Å². The molecule has 1 aromatic carbocycles. The first kappa shape index (κ1) is 13.7. The molecule has 1 heterocycles. The molecule has 0 saturated heterocycles. The van der Waals surface area contributed by atoms with E-state index < -0.39 is 11.5 Å². The number of carbonyl (C=O) groups is 1. The van der Waals surface area contributed by atoms with Gasteiger partial charge in [0, 0.05) is 6.20 Å². The molecule has 104 valence electrons. The van der Waals surface area contributed by atoms with Crippen LogP contribution in [0.2, 0.25) is 0 Å². The number of aromatic carboxylic acids is 1. The SMILES string of the molecule is COc1ccc(-c2c[nH]c(=O)c(C(=O)O)c2)cc1OC. The zero-order valence-electron chi connectivity index (χ0n) is 11.0. The van der Waals surface area contributed by atoms with Crippen LogP contribution < -0.4 is 15.0 Å². The first-order valence-electron chi connectivity index (χ1n) is 5.75. The maximum atomic E-state index is 11.4. The van der Waals surface area contributed by atoms with Crippen molar-refractivity contribution >= 4 is 5.97 Å². The highest BCUT2D eigenvalue weighted by molar-refractivity contribution is 5.88. The van der Waals surface area contributed by atoms with E-state index in [1.807, 2.05) is 0 Å². The fourth-order valence-corrected chi connectivity index (χ4v) is 1.83. The van der Waals surface area contributed by atoms with Crippen LogP contribution in [0, 0.1) is 0 Å². The molecule has 6 heteroatoms. The third kappa shape index (κ3) is 2.49. The molecule has 2 rings (SSSR count). The first-order chi connectivity index (χ1) is 9.56. The molecule has 0 aliphatic rings. The van der Waals surface area contributed by atoms with Gasteiger partial charge < -0.3 is 19.6 Å². The van der Waals surface area contributed by atoms with Gasteiger partial charge >= 0.3 is 5.97 Å². The summed E-state index contributed by atoms with van der Waals surface area (Å²) in [6, 6.07) is 6.49. The van der Waals surface area contributed by atoms with E-state index in [0.29, 0.717) is 22.6 Å². The lowest BCUT2D eigenvalue weighted by Gasteiger charge is -2.09. The van der Waals surface area contributed by atoms with Crippen LogP contribution in [-0.2, 0) is 0 Å². The van der Waals surface area contributed by atoms with Crippen LogP contribution in [0.3, 0.4) is 0 Å². The molecule has 0 bridgehead atoms. The van der Waals surface area contributed by atoms with Gasteiger partial charge in [-0.05, 0) is 29.3 Å². The molecular formula is C14H13NO5. The Morgan fingerprint density at radius 3 is 2.40 bits per heavy atom. The summed E-state index contributed by atoms with van der Waals surface area (Å²) < 4.78 is 10.3. The Morgan fingerprint density at radius 1 is 1.10 bits per heavy atom. The number of carboxylic acids is 1. The Morgan fingerprint density at radius 2 is 1.80 bits per heavy atom. The zero-order valence-corrected chi connectivity index (χ0v) is 11.0. The summed E-state index contributed by atoms with van der Waals surface area (Å²) in [5.74, 6) is -0.180. The van der Waals surface area contributed by atoms with Gasteiger partial charge in [-0.1, -0.05) is 6.07 Å². The molecule has 2 aromatic rings. The van der Waals surface area contributed by atoms with E-state index in [2.05, 4.69) is 4.98 Å². The zero-order chi connectivity index (χ0) is 14.7. The Labute approximate surface area is 114 Å². The third-order valence-corrected chi connectivity index (χ3v) is 2.85. The molecule has 0 fully saturated rings. The lowest BCUT2D eigenvalue weighted by molar-refractivity contribution is 0.0695. The summed E-state index contributed by atoms with van der Waals surface area (Å²) in [7, 11) is 3.04. The lowest BCUT2D eigenvalue weighted by atomic mass is 10.1. The quantitative estimate of drug-likeness (QED) is 0.887. The predicted octanol–water partition coefficient (Wildman–Crippen LogP) is 1.76. The molecule has 0 atom stereocenters. The van der Waals surface area contributed by atoms with E-state index in [9.17, 15) is 9.59 Å². The number of hydrogen-bond acceptors (Lipinski definition) is 4. The van der Waals surface area contributed by atoms with Crippen LogP contribution >= 0.6 is 0 Å². The van der Waals surface area contributed by atoms with Crippen LogP contribution in [0.5, 0.6) is 11.5 Å². The van der Waals surface area contributed by atoms with E-state index in [0.717, 1.165) is 0 Å². The van der Waals surface area contributed by atoms with E-state index >= 15 is 0 Å². The van der Waals surface area contributed by atoms with Crippen molar-refractivity contribution in [2.24, 2.45) is 0 Å². The maximum absolute atomic E-state index is 11.4. The van der Waals surface area contributed by atoms with Gasteiger partial charge in [-0.3, -0.25) is 4.79 Å². The number of pyridine rings is 1. The van der Waals surface area contributed by atoms with Crippen molar-refractivity contribution < 1.29 is 19.4 Å². The lowest BCUT2D eigenvalue weighted by Crippen LogP contribution is -2.16. The molecule has 0 radical (unpaired) electrons. The second-order valence-corrected chi connectivity index (χ2v) is 4.01. The molecule has 1 aromatic heterocycles. The fourth-order valence-electron chi connectivity index (χ4n) is 1.83. The Hall–Kier alpha value is -2.76. The second-order valence-electron chi connectivity index (χ2n) is 4.01. The topological polar surface area (TPSA) is 88.6 Å². The van der Waals surface area contributed by atoms with Crippen LogP contribution in [0.1, 0.15) is 10.4 Å². The molecular weight excluding hydrogens is 262 g/mol. The highest BCUT2D eigenvalue weighted by atomic mass is 16.5. The van der Waals surface area contributed by atoms with E-state index in [1.165, 1.54) is 26.5 Å². The largest absolute Gasteiger partial charge is 0.493 e. The summed E-state index contributed by atoms with van der Waals surface area (Å²) in [5.41, 5.74) is 0.336. The van der Waals surface area contributed by atoms with Crippen molar-refractivity contribution in [1.29, 1.82) is 0 Å². The van der Waals surface area contributed by atoms with E-state index in [4.69, 9.17) is 14.6 Å². The van der Waals surface area contributed by atoms with Crippen LogP contribution in [-0.4, -0.2) is 30.3 Å². The van der Waals surface area contributed by atoms with Gasteiger partial charge in [-0.25, -0.2) is 4.79 Å². The molecule has 0 amide bonds. The molecule has 6 nitrogen and oxygen atoms in total. The molecule has 2 N–H and O–H groups in total. The van der Waals surface area contributed by atoms with Gasteiger partial charge in [-0.2, -0.15) is 0 Å². The van der Waals surface area contributed by atoms with Crippen LogP contribution in [0.15, 0.2) is 35.3 Å². The van der Waals surface area contributed by atoms with Gasteiger partial charge in [0.05, 0.1) is 14.2 Å². The minimum absolute atomic E-state index is 0.308. The average Bonchev–Trinajstić information content (AvgIpc) is 2.46. The van der Waals surface area contributed by atoms with Crippen molar-refractivity contribution in [3.63, 3.8) is 0 Å². The number of ether oxygens (including phenoxy) is 2. The normalized spacial score (nSPS) is 10.1. The van der Waals surface area contributed by atoms with Crippen LogP contribution in [0.25, 0.3) is 11.1 Å². The van der Waals surface area contributed by atoms with Crippen molar-refractivity contribution in [3.05, 3.63) is 46.4 Å². The number of rotatable bonds is 4. The van der Waals surface area contributed by atoms with Gasteiger partial charge in [0.15, 0.2) is 11.5 Å². The second kappa shape index (κ2) is 5.48. The number of aromatic amines is 1. The number of H-pyrrole nitrogens is 1. The number of benzene rings is 1. The summed E-state index contributed by atoms with van der Waals surface area (Å²) in [6.07, 6.45) is 1.45. The molecule has 20 heavy (non-hydrogen) atoms. The monoisotopic (exact) mass is 275 g/mol. The number of nitrogens with one attached hydrogen (secondary N) is 1. The maximum Gasteiger partial charge on any atom is 0.341 e. The van der Waals surface area contributed by atoms with E-state index in [-0.39, 0.29) is 5.56 Å². The van der Waals surface area contributed by atoms with Crippen molar-refractivity contribution in [2.75, 3.05) is 14.2 Å². The minimum Gasteiger partial charge on any atom is -0.493 e. The summed E-state index contributed by atoms with van der Waals surface area (Å²) in [5, 5.41) is 8.96. The first-order valence-corrected chi connectivity index (χ1v) is 5.75. The number of aromatic nitrogens is 1. The Kier molecular flexibility index (Phi) is 3.74. The Balaban J connectivity index is 2.54. The minimum atomic E-state index is -1.27. The number of carboxylic acid groups (broad SMARTS) is 1. The van der Waals surface area contributed by atoms with Crippen molar-refractivity contribution in [3.8, 4) is 22.6 Å². The predicted molar refractivity (Wildman–Crippen MR) is 72.6 cm³/mol. The third-order valence-electron chi connectivity index (χ3n) is 2.85. The molecule has 0 spiro atoms. The number of hydrogen-bond donors (Lipinski definition) is 2. The highest BCUT2D eigenvalue weighted by Gasteiger charge is 2.12. The molecule has 0 saturated carbocycles. The molecule has 0 unspecified atom stereocenters. The Bertz CT molecular complexity index is 705. The summed E-state index contributed by atoms with van der Waals surface area (Å²) >= 11 is 0. The number of methoxy groups -OCH3 is 2. The van der Waals surface area contributed by atoms with Gasteiger partial charge in [0.25, 0.3) is 5.56 Å². The molecule has 0 aliphatic heterocycles. The van der Waals surface area contributed by atoms with Gasteiger partial charge in [0.2, 0.25) is 0 Å². The summed E-state index contributed by atoms with van der Waals surface area (Å²) in [6.45, 7) is 0. The molecule has 0 aliphatic carbocycles. The van der Waals surface area contributed by atoms with E-state index in [1.54, 1.807) is 18.2 Å². The van der Waals surface area contributed by atoms with Crippen molar-refractivity contribution in [1.82, 2.24) is 4.98 Å². The standard InChI is InChI=1S/C14H13NO5/c1-19-11-4-3-8(6-12(11)20-2)9-5-10(14(17)18)13(16)15-7-9/h3-7H,1-2H3,(H,15,16)(H,17,18). The summed E-state index contributed by atoms with van der Waals surface area (Å²) in [4.78, 5) is 24.8. The average molecular weight is 275 g/mol. The van der Waals surface area contributed by atoms with Gasteiger partial charge in [-0.15, -0.1) is 0 Å². The smallest absolute Gasteiger partial charge is 0.341 e. The van der Waals surface area contributed by atoms with Crippen molar-refractivity contribution in [2.45, 2.75) is 0 Å².